The smallest absolute Gasteiger partial charge is 0.374 e. The third kappa shape index (κ3) is 4.89. The van der Waals surface area contributed by atoms with Gasteiger partial charge in [-0.15, -0.1) is 0 Å². The van der Waals surface area contributed by atoms with Gasteiger partial charge < -0.3 is 4.74 Å². The van der Waals surface area contributed by atoms with Gasteiger partial charge in [0.05, 0.1) is 4.92 Å². The van der Waals surface area contributed by atoms with E-state index in [1.165, 1.54) is 18.2 Å². The van der Waals surface area contributed by atoms with Crippen LogP contribution in [0.5, 0.6) is 0 Å². The zero-order chi connectivity index (χ0) is 17.5. The average Bonchev–Trinajstić information content (AvgIpc) is 2.59. The summed E-state index contributed by atoms with van der Waals surface area (Å²) in [5, 5.41) is 11.2. The average molecular weight is 348 g/mol. The van der Waals surface area contributed by atoms with Crippen LogP contribution in [0.25, 0.3) is 0 Å². The minimum atomic E-state index is -0.949. The van der Waals surface area contributed by atoms with Crippen molar-refractivity contribution in [3.05, 3.63) is 74.8 Å². The van der Waals surface area contributed by atoms with Crippen LogP contribution in [0.4, 0.5) is 5.69 Å². The molecule has 0 saturated heterocycles. The number of nitrogens with zero attached hydrogens (tertiary/aromatic N) is 1. The molecule has 2 aromatic rings. The maximum atomic E-state index is 11.8. The second-order valence-electron chi connectivity index (χ2n) is 5.02. The molecule has 0 aliphatic carbocycles. The summed E-state index contributed by atoms with van der Waals surface area (Å²) in [6.45, 7) is 0.00645. The summed E-state index contributed by atoms with van der Waals surface area (Å²) in [4.78, 5) is 33.9. The molecular weight excluding hydrogens is 334 g/mol. The Bertz CT molecular complexity index is 761. The number of hydrogen-bond acceptors (Lipinski definition) is 5. The van der Waals surface area contributed by atoms with Gasteiger partial charge in [-0.05, 0) is 18.1 Å². The van der Waals surface area contributed by atoms with Crippen LogP contribution in [0.1, 0.15) is 17.5 Å². The van der Waals surface area contributed by atoms with Gasteiger partial charge >= 0.3 is 5.97 Å². The first kappa shape index (κ1) is 17.6. The molecule has 0 bridgehead atoms. The van der Waals surface area contributed by atoms with Gasteiger partial charge in [-0.2, -0.15) is 0 Å². The number of hydrogen-bond donors (Lipinski definition) is 0. The van der Waals surface area contributed by atoms with E-state index >= 15 is 0 Å². The molecule has 0 N–H and O–H groups in total. The van der Waals surface area contributed by atoms with Crippen molar-refractivity contribution in [1.29, 1.82) is 0 Å². The molecule has 6 nitrogen and oxygen atoms in total. The van der Waals surface area contributed by atoms with E-state index in [1.54, 1.807) is 24.3 Å². The lowest BCUT2D eigenvalue weighted by Gasteiger charge is -2.05. The molecule has 24 heavy (non-hydrogen) atoms. The zero-order valence-corrected chi connectivity index (χ0v) is 13.4. The van der Waals surface area contributed by atoms with Gasteiger partial charge in [0.1, 0.15) is 6.61 Å². The summed E-state index contributed by atoms with van der Waals surface area (Å²) < 4.78 is 4.93. The van der Waals surface area contributed by atoms with Crippen molar-refractivity contribution >= 4 is 29.0 Å². The lowest BCUT2D eigenvalue weighted by molar-refractivity contribution is -0.385. The zero-order valence-electron chi connectivity index (χ0n) is 12.6. The lowest BCUT2D eigenvalue weighted by Crippen LogP contribution is -2.18. The lowest BCUT2D eigenvalue weighted by atomic mass is 10.1. The summed E-state index contributed by atoms with van der Waals surface area (Å²) in [5.74, 6) is -1.68. The predicted octanol–water partition coefficient (Wildman–Crippen LogP) is 3.49. The minimum absolute atomic E-state index is 0.00645. The number of ether oxygens (including phenoxy) is 1. The molecule has 7 heteroatoms. The van der Waals surface area contributed by atoms with Gasteiger partial charge in [0.2, 0.25) is 5.78 Å². The first-order valence-corrected chi connectivity index (χ1v) is 7.52. The molecule has 2 rings (SSSR count). The van der Waals surface area contributed by atoms with E-state index in [0.717, 1.165) is 5.56 Å². The second-order valence-corrected chi connectivity index (χ2v) is 5.45. The molecule has 0 amide bonds. The van der Waals surface area contributed by atoms with E-state index in [1.807, 2.05) is 6.07 Å². The number of esters is 1. The molecule has 0 fully saturated rings. The first-order valence-electron chi connectivity index (χ1n) is 7.14. The van der Waals surface area contributed by atoms with Gasteiger partial charge in [0, 0.05) is 23.1 Å². The standard InChI is InChI=1S/C17H14ClNO5/c18-14-8-6-13(15(10-14)19(22)23)7-9-16(20)17(21)24-11-12-4-2-1-3-5-12/h1-6,8,10H,7,9,11H2. The topological polar surface area (TPSA) is 86.5 Å². The van der Waals surface area contributed by atoms with Crippen molar-refractivity contribution in [1.82, 2.24) is 0 Å². The van der Waals surface area contributed by atoms with Gasteiger partial charge in [-0.1, -0.05) is 48.0 Å². The summed E-state index contributed by atoms with van der Waals surface area (Å²) in [7, 11) is 0. The molecule has 0 aromatic heterocycles. The molecule has 0 saturated carbocycles. The van der Waals surface area contributed by atoms with Crippen LogP contribution in [-0.4, -0.2) is 16.7 Å². The van der Waals surface area contributed by atoms with Gasteiger partial charge in [0.25, 0.3) is 5.69 Å². The van der Waals surface area contributed by atoms with Crippen LogP contribution in [0.3, 0.4) is 0 Å². The molecule has 0 heterocycles. The van der Waals surface area contributed by atoms with Crippen LogP contribution < -0.4 is 0 Å². The third-order valence-corrected chi connectivity index (χ3v) is 3.54. The van der Waals surface area contributed by atoms with Crippen molar-refractivity contribution in [3.63, 3.8) is 0 Å². The summed E-state index contributed by atoms with van der Waals surface area (Å²) in [5.41, 5.74) is 0.938. The van der Waals surface area contributed by atoms with E-state index in [0.29, 0.717) is 5.56 Å². The fourth-order valence-corrected chi connectivity index (χ4v) is 2.24. The number of aryl methyl sites for hydroxylation is 1. The number of benzene rings is 2. The largest absolute Gasteiger partial charge is 0.455 e. The Kier molecular flexibility index (Phi) is 6.03. The van der Waals surface area contributed by atoms with Crippen LogP contribution in [0.15, 0.2) is 48.5 Å². The Balaban J connectivity index is 1.91. The Hall–Kier alpha value is -2.73. The summed E-state index contributed by atoms with van der Waals surface area (Å²) >= 11 is 5.73. The minimum Gasteiger partial charge on any atom is -0.455 e. The fourth-order valence-electron chi connectivity index (χ4n) is 2.07. The highest BCUT2D eigenvalue weighted by Crippen LogP contribution is 2.24. The predicted molar refractivity (Wildman–Crippen MR) is 87.7 cm³/mol. The molecular formula is C17H14ClNO5. The molecule has 0 unspecified atom stereocenters. The van der Waals surface area contributed by atoms with Gasteiger partial charge in [0.15, 0.2) is 0 Å². The fraction of sp³-hybridized carbons (Fsp3) is 0.176. The number of ketones is 1. The number of carbonyl (C=O) groups is 2. The molecule has 0 aliphatic rings. The normalized spacial score (nSPS) is 10.2. The van der Waals surface area contributed by atoms with Crippen molar-refractivity contribution in [2.45, 2.75) is 19.4 Å². The SMILES string of the molecule is O=C(CCc1ccc(Cl)cc1[N+](=O)[O-])C(=O)OCc1ccccc1. The molecule has 0 radical (unpaired) electrons. The van der Waals surface area contributed by atoms with Crippen molar-refractivity contribution in [3.8, 4) is 0 Å². The molecule has 0 spiro atoms. The van der Waals surface area contributed by atoms with Crippen molar-refractivity contribution in [2.75, 3.05) is 0 Å². The van der Waals surface area contributed by atoms with E-state index in [4.69, 9.17) is 16.3 Å². The molecule has 0 aliphatic heterocycles. The first-order chi connectivity index (χ1) is 11.5. The number of carbonyl (C=O) groups excluding carboxylic acids is 2. The second kappa shape index (κ2) is 8.21. The number of Topliss-reactive ketones (excluding diaryl/α,β-unsaturated/α-hetero) is 1. The van der Waals surface area contributed by atoms with E-state index in [2.05, 4.69) is 0 Å². The van der Waals surface area contributed by atoms with E-state index in [-0.39, 0.29) is 30.2 Å². The quantitative estimate of drug-likeness (QED) is 0.331. The Morgan fingerprint density at radius 2 is 1.83 bits per heavy atom. The van der Waals surface area contributed by atoms with Crippen LogP contribution >= 0.6 is 11.6 Å². The van der Waals surface area contributed by atoms with Gasteiger partial charge in [-0.25, -0.2) is 4.79 Å². The number of rotatable bonds is 7. The van der Waals surface area contributed by atoms with E-state index < -0.39 is 16.7 Å². The van der Waals surface area contributed by atoms with Crippen LogP contribution in [0, 0.1) is 10.1 Å². The maximum Gasteiger partial charge on any atom is 0.374 e. The molecule has 124 valence electrons. The highest BCUT2D eigenvalue weighted by Gasteiger charge is 2.19. The van der Waals surface area contributed by atoms with Gasteiger partial charge in [-0.3, -0.25) is 14.9 Å². The molecule has 0 atom stereocenters. The maximum absolute atomic E-state index is 11.8. The molecule has 2 aromatic carbocycles. The highest BCUT2D eigenvalue weighted by molar-refractivity contribution is 6.33. The summed E-state index contributed by atoms with van der Waals surface area (Å²) in [6.07, 6.45) is -0.108. The number of nitro groups is 1. The Labute approximate surface area is 143 Å². The van der Waals surface area contributed by atoms with Crippen LogP contribution in [-0.2, 0) is 27.4 Å². The van der Waals surface area contributed by atoms with E-state index in [9.17, 15) is 19.7 Å². The summed E-state index contributed by atoms with van der Waals surface area (Å²) in [6, 6.07) is 13.2. The van der Waals surface area contributed by atoms with Crippen LogP contribution in [0.2, 0.25) is 5.02 Å². The highest BCUT2D eigenvalue weighted by atomic mass is 35.5. The van der Waals surface area contributed by atoms with Crippen molar-refractivity contribution in [2.24, 2.45) is 0 Å². The van der Waals surface area contributed by atoms with Crippen molar-refractivity contribution < 1.29 is 19.2 Å². The monoisotopic (exact) mass is 347 g/mol. The number of halogens is 1. The Morgan fingerprint density at radius 3 is 2.50 bits per heavy atom. The third-order valence-electron chi connectivity index (χ3n) is 3.31. The Morgan fingerprint density at radius 1 is 1.12 bits per heavy atom. The number of nitro benzene ring substituents is 1.